The topological polar surface area (TPSA) is 82.0 Å². The molecule has 1 aromatic heterocycles. The zero-order valence-electron chi connectivity index (χ0n) is 10.9. The first kappa shape index (κ1) is 14.4. The normalized spacial score (nSPS) is 10.5. The molecule has 0 fully saturated rings. The van der Waals surface area contributed by atoms with Crippen molar-refractivity contribution in [3.63, 3.8) is 0 Å². The molecule has 0 amide bonds. The summed E-state index contributed by atoms with van der Waals surface area (Å²) < 4.78 is 0. The van der Waals surface area contributed by atoms with Crippen LogP contribution in [0.15, 0.2) is 12.3 Å². The lowest BCUT2D eigenvalue weighted by Crippen LogP contribution is -2.02. The molecule has 18 heavy (non-hydrogen) atoms. The Bertz CT molecular complexity index is 394. The van der Waals surface area contributed by atoms with Crippen LogP contribution in [0.4, 0.5) is 11.5 Å². The van der Waals surface area contributed by atoms with E-state index in [4.69, 9.17) is 5.73 Å². The van der Waals surface area contributed by atoms with Crippen molar-refractivity contribution in [1.82, 2.24) is 4.98 Å². The number of aryl methyl sites for hydroxylation is 1. The van der Waals surface area contributed by atoms with Gasteiger partial charge in [0.25, 0.3) is 0 Å². The molecule has 0 aliphatic rings. The number of unbranched alkanes of at least 4 members (excludes halogenated alkanes) is 5. The maximum absolute atomic E-state index is 10.7. The Kier molecular flexibility index (Phi) is 6.11. The van der Waals surface area contributed by atoms with Crippen molar-refractivity contribution in [2.75, 3.05) is 5.73 Å². The second-order valence-corrected chi connectivity index (χ2v) is 4.48. The van der Waals surface area contributed by atoms with Crippen LogP contribution in [0.1, 0.15) is 51.0 Å². The highest BCUT2D eigenvalue weighted by Gasteiger charge is 2.15. The number of hydrogen-bond donors (Lipinski definition) is 1. The van der Waals surface area contributed by atoms with Gasteiger partial charge in [-0.2, -0.15) is 0 Å². The Balaban J connectivity index is 2.43. The second kappa shape index (κ2) is 7.63. The summed E-state index contributed by atoms with van der Waals surface area (Å²) in [4.78, 5) is 13.8. The minimum absolute atomic E-state index is 0.219. The molecule has 0 aliphatic heterocycles. The SMILES string of the molecule is CCCCCCCCc1ccnc([N+](=O)[O-])c1N. The summed E-state index contributed by atoms with van der Waals surface area (Å²) in [6.45, 7) is 2.19. The number of rotatable bonds is 8. The molecule has 0 saturated carbocycles. The number of nitrogen functional groups attached to an aromatic ring is 1. The molecule has 0 unspecified atom stereocenters. The van der Waals surface area contributed by atoms with Gasteiger partial charge in [0, 0.05) is 0 Å². The molecule has 1 heterocycles. The average Bonchev–Trinajstić information content (AvgIpc) is 2.35. The molecule has 5 nitrogen and oxygen atoms in total. The highest BCUT2D eigenvalue weighted by molar-refractivity contribution is 5.58. The predicted octanol–water partition coefficient (Wildman–Crippen LogP) is 3.48. The molecule has 0 radical (unpaired) electrons. The summed E-state index contributed by atoms with van der Waals surface area (Å²) >= 11 is 0. The van der Waals surface area contributed by atoms with Gasteiger partial charge in [-0.3, -0.25) is 0 Å². The highest BCUT2D eigenvalue weighted by atomic mass is 16.6. The minimum Gasteiger partial charge on any atom is -0.392 e. The Labute approximate surface area is 108 Å². The van der Waals surface area contributed by atoms with Gasteiger partial charge in [-0.15, -0.1) is 0 Å². The third-order valence-electron chi connectivity index (χ3n) is 3.03. The smallest absolute Gasteiger partial charge is 0.386 e. The van der Waals surface area contributed by atoms with Crippen LogP contribution >= 0.6 is 0 Å². The molecule has 0 spiro atoms. The molecule has 0 atom stereocenters. The molecule has 0 aromatic carbocycles. The van der Waals surface area contributed by atoms with Gasteiger partial charge in [0.2, 0.25) is 0 Å². The zero-order chi connectivity index (χ0) is 13.4. The number of anilines is 1. The Morgan fingerprint density at radius 3 is 2.61 bits per heavy atom. The summed E-state index contributed by atoms with van der Waals surface area (Å²) in [5.41, 5.74) is 6.80. The number of hydrogen-bond acceptors (Lipinski definition) is 4. The molecule has 1 rings (SSSR count). The maximum Gasteiger partial charge on any atom is 0.386 e. The zero-order valence-corrected chi connectivity index (χ0v) is 10.9. The quantitative estimate of drug-likeness (QED) is 0.435. The molecular weight excluding hydrogens is 230 g/mol. The van der Waals surface area contributed by atoms with Crippen LogP contribution in [0, 0.1) is 10.1 Å². The molecule has 1 aromatic rings. The number of nitrogens with zero attached hydrogens (tertiary/aromatic N) is 2. The van der Waals surface area contributed by atoms with Gasteiger partial charge < -0.3 is 15.8 Å². The molecule has 0 aliphatic carbocycles. The fourth-order valence-corrected chi connectivity index (χ4v) is 1.96. The van der Waals surface area contributed by atoms with E-state index in [1.54, 1.807) is 6.07 Å². The van der Waals surface area contributed by atoms with Gasteiger partial charge >= 0.3 is 5.82 Å². The lowest BCUT2D eigenvalue weighted by atomic mass is 10.0. The summed E-state index contributed by atoms with van der Waals surface area (Å²) in [5, 5.41) is 10.7. The largest absolute Gasteiger partial charge is 0.392 e. The number of pyridine rings is 1. The van der Waals surface area contributed by atoms with Crippen LogP contribution in [0.25, 0.3) is 0 Å². The van der Waals surface area contributed by atoms with Crippen molar-refractivity contribution >= 4 is 11.5 Å². The van der Waals surface area contributed by atoms with Gasteiger partial charge in [-0.1, -0.05) is 39.0 Å². The van der Waals surface area contributed by atoms with Gasteiger partial charge in [0.1, 0.15) is 11.9 Å². The van der Waals surface area contributed by atoms with Crippen LogP contribution < -0.4 is 5.73 Å². The summed E-state index contributed by atoms with van der Waals surface area (Å²) in [5.74, 6) is -0.224. The van der Waals surface area contributed by atoms with Crippen LogP contribution in [0.5, 0.6) is 0 Å². The molecule has 2 N–H and O–H groups in total. The molecule has 0 saturated heterocycles. The van der Waals surface area contributed by atoms with Crippen molar-refractivity contribution in [1.29, 1.82) is 0 Å². The monoisotopic (exact) mass is 251 g/mol. The summed E-state index contributed by atoms with van der Waals surface area (Å²) in [7, 11) is 0. The standard InChI is InChI=1S/C13H21N3O2/c1-2-3-4-5-6-7-8-11-9-10-15-13(12(11)14)16(17)18/h9-10H,2-8,14H2,1H3. The Morgan fingerprint density at radius 1 is 1.28 bits per heavy atom. The fraction of sp³-hybridized carbons (Fsp3) is 0.615. The third kappa shape index (κ3) is 4.31. The first-order chi connectivity index (χ1) is 8.66. The molecule has 5 heteroatoms. The second-order valence-electron chi connectivity index (χ2n) is 4.48. The molecule has 0 bridgehead atoms. The predicted molar refractivity (Wildman–Crippen MR) is 72.4 cm³/mol. The van der Waals surface area contributed by atoms with E-state index in [1.165, 1.54) is 31.9 Å². The lowest BCUT2D eigenvalue weighted by Gasteiger charge is -2.05. The Hall–Kier alpha value is -1.65. The van der Waals surface area contributed by atoms with Gasteiger partial charge in [0.15, 0.2) is 0 Å². The van der Waals surface area contributed by atoms with Gasteiger partial charge in [0.05, 0.1) is 0 Å². The van der Waals surface area contributed by atoms with E-state index in [2.05, 4.69) is 11.9 Å². The van der Waals surface area contributed by atoms with Crippen molar-refractivity contribution < 1.29 is 4.92 Å². The summed E-state index contributed by atoms with van der Waals surface area (Å²) in [6, 6.07) is 1.77. The van der Waals surface area contributed by atoms with Crippen LogP contribution in [-0.4, -0.2) is 9.91 Å². The number of nitrogens with two attached hydrogens (primary N) is 1. The van der Waals surface area contributed by atoms with E-state index in [1.807, 2.05) is 0 Å². The maximum atomic E-state index is 10.7. The van der Waals surface area contributed by atoms with E-state index in [9.17, 15) is 10.1 Å². The first-order valence-electron chi connectivity index (χ1n) is 6.54. The summed E-state index contributed by atoms with van der Waals surface area (Å²) in [6.07, 6.45) is 9.43. The first-order valence-corrected chi connectivity index (χ1v) is 6.54. The van der Waals surface area contributed by atoms with Crippen molar-refractivity contribution in [3.8, 4) is 0 Å². The molecular formula is C13H21N3O2. The third-order valence-corrected chi connectivity index (χ3v) is 3.03. The van der Waals surface area contributed by atoms with Gasteiger partial charge in [-0.05, 0) is 34.4 Å². The van der Waals surface area contributed by atoms with E-state index >= 15 is 0 Å². The van der Waals surface area contributed by atoms with Crippen LogP contribution in [0.3, 0.4) is 0 Å². The van der Waals surface area contributed by atoms with Gasteiger partial charge in [-0.25, -0.2) is 0 Å². The highest BCUT2D eigenvalue weighted by Crippen LogP contribution is 2.23. The van der Waals surface area contributed by atoms with Crippen molar-refractivity contribution in [3.05, 3.63) is 27.9 Å². The van der Waals surface area contributed by atoms with E-state index in [0.29, 0.717) is 0 Å². The number of aromatic nitrogens is 1. The fourth-order valence-electron chi connectivity index (χ4n) is 1.96. The van der Waals surface area contributed by atoms with E-state index in [0.717, 1.165) is 24.8 Å². The van der Waals surface area contributed by atoms with Crippen molar-refractivity contribution in [2.45, 2.75) is 51.9 Å². The van der Waals surface area contributed by atoms with E-state index in [-0.39, 0.29) is 11.5 Å². The lowest BCUT2D eigenvalue weighted by molar-refractivity contribution is -0.388. The van der Waals surface area contributed by atoms with Crippen LogP contribution in [0.2, 0.25) is 0 Å². The average molecular weight is 251 g/mol. The number of nitro groups is 1. The van der Waals surface area contributed by atoms with E-state index < -0.39 is 4.92 Å². The van der Waals surface area contributed by atoms with Crippen LogP contribution in [-0.2, 0) is 6.42 Å². The van der Waals surface area contributed by atoms with Crippen molar-refractivity contribution in [2.24, 2.45) is 0 Å². The molecule has 100 valence electrons. The minimum atomic E-state index is -0.528. The Morgan fingerprint density at radius 2 is 1.94 bits per heavy atom.